The van der Waals surface area contributed by atoms with Gasteiger partial charge >= 0.3 is 0 Å². The maximum absolute atomic E-state index is 5.13. The molecule has 0 atom stereocenters. The number of methoxy groups -OCH3 is 1. The Balaban J connectivity index is 2.30. The molecule has 90 valence electrons. The van der Waals surface area contributed by atoms with E-state index in [-0.39, 0.29) is 5.41 Å². The van der Waals surface area contributed by atoms with Gasteiger partial charge < -0.3 is 4.74 Å². The van der Waals surface area contributed by atoms with Gasteiger partial charge in [-0.2, -0.15) is 0 Å². The van der Waals surface area contributed by atoms with E-state index < -0.39 is 0 Å². The topological polar surface area (TPSA) is 35.0 Å². The van der Waals surface area contributed by atoms with E-state index in [0.717, 1.165) is 21.3 Å². The maximum atomic E-state index is 5.13. The third kappa shape index (κ3) is 2.64. The minimum atomic E-state index is 0.0579. The second-order valence-electron chi connectivity index (χ2n) is 4.89. The zero-order chi connectivity index (χ0) is 12.5. The number of nitrogens with zero attached hydrogens (tertiary/aromatic N) is 2. The molecule has 0 saturated carbocycles. The molecule has 1 aromatic heterocycles. The largest absolute Gasteiger partial charge is 0.497 e. The summed E-state index contributed by atoms with van der Waals surface area (Å²) < 4.78 is 5.13. The highest BCUT2D eigenvalue weighted by Crippen LogP contribution is 2.31. The highest BCUT2D eigenvalue weighted by molar-refractivity contribution is 7.14. The third-order valence-corrected chi connectivity index (χ3v) is 3.80. The van der Waals surface area contributed by atoms with Gasteiger partial charge in [0, 0.05) is 11.0 Å². The molecule has 0 aliphatic heterocycles. The second-order valence-corrected chi connectivity index (χ2v) is 5.87. The van der Waals surface area contributed by atoms with Crippen molar-refractivity contribution in [1.29, 1.82) is 0 Å². The van der Waals surface area contributed by atoms with Crippen molar-refractivity contribution in [2.45, 2.75) is 26.2 Å². The van der Waals surface area contributed by atoms with Gasteiger partial charge in [-0.05, 0) is 24.3 Å². The van der Waals surface area contributed by atoms with Crippen LogP contribution < -0.4 is 4.74 Å². The lowest BCUT2D eigenvalue weighted by Crippen LogP contribution is -2.10. The van der Waals surface area contributed by atoms with E-state index in [4.69, 9.17) is 4.74 Å². The van der Waals surface area contributed by atoms with Gasteiger partial charge in [0.1, 0.15) is 15.8 Å². The SMILES string of the molecule is COc1ccc(-c2nnc(C(C)(C)C)s2)cc1. The van der Waals surface area contributed by atoms with E-state index in [1.54, 1.807) is 18.4 Å². The number of rotatable bonds is 2. The first-order valence-corrected chi connectivity index (χ1v) is 6.31. The molecule has 0 aliphatic carbocycles. The first kappa shape index (κ1) is 12.0. The Morgan fingerprint density at radius 3 is 2.18 bits per heavy atom. The van der Waals surface area contributed by atoms with Gasteiger partial charge in [-0.1, -0.05) is 32.1 Å². The van der Waals surface area contributed by atoms with Gasteiger partial charge in [-0.3, -0.25) is 0 Å². The molecule has 0 bridgehead atoms. The zero-order valence-corrected chi connectivity index (χ0v) is 11.3. The Labute approximate surface area is 105 Å². The van der Waals surface area contributed by atoms with Gasteiger partial charge in [-0.15, -0.1) is 10.2 Å². The van der Waals surface area contributed by atoms with Crippen molar-refractivity contribution < 1.29 is 4.74 Å². The predicted molar refractivity (Wildman–Crippen MR) is 70.6 cm³/mol. The fourth-order valence-corrected chi connectivity index (χ4v) is 2.28. The van der Waals surface area contributed by atoms with E-state index in [1.165, 1.54) is 0 Å². The van der Waals surface area contributed by atoms with Crippen molar-refractivity contribution in [2.24, 2.45) is 0 Å². The van der Waals surface area contributed by atoms with E-state index >= 15 is 0 Å². The summed E-state index contributed by atoms with van der Waals surface area (Å²) >= 11 is 1.64. The molecule has 0 amide bonds. The molecule has 4 heteroatoms. The quantitative estimate of drug-likeness (QED) is 0.815. The predicted octanol–water partition coefficient (Wildman–Crippen LogP) is 3.51. The number of hydrogen-bond donors (Lipinski definition) is 0. The second kappa shape index (κ2) is 4.45. The Morgan fingerprint density at radius 2 is 1.71 bits per heavy atom. The lowest BCUT2D eigenvalue weighted by atomic mass is 9.98. The smallest absolute Gasteiger partial charge is 0.147 e. The van der Waals surface area contributed by atoms with Crippen molar-refractivity contribution in [3.63, 3.8) is 0 Å². The van der Waals surface area contributed by atoms with Crippen LogP contribution in [0.15, 0.2) is 24.3 Å². The van der Waals surface area contributed by atoms with Crippen molar-refractivity contribution in [3.8, 4) is 16.3 Å². The van der Waals surface area contributed by atoms with Crippen LogP contribution in [0.5, 0.6) is 5.75 Å². The molecule has 1 aromatic carbocycles. The van der Waals surface area contributed by atoms with E-state index in [1.807, 2.05) is 24.3 Å². The number of ether oxygens (including phenoxy) is 1. The normalized spacial score (nSPS) is 11.5. The first-order chi connectivity index (χ1) is 8.00. The number of aromatic nitrogens is 2. The summed E-state index contributed by atoms with van der Waals surface area (Å²) in [5, 5.41) is 10.5. The maximum Gasteiger partial charge on any atom is 0.147 e. The molecule has 0 radical (unpaired) electrons. The highest BCUT2D eigenvalue weighted by Gasteiger charge is 2.19. The Hall–Kier alpha value is -1.42. The van der Waals surface area contributed by atoms with Gasteiger partial charge in [0.25, 0.3) is 0 Å². The van der Waals surface area contributed by atoms with Crippen LogP contribution in [0.25, 0.3) is 10.6 Å². The van der Waals surface area contributed by atoms with Crippen LogP contribution in [0.4, 0.5) is 0 Å². The standard InChI is InChI=1S/C13H16N2OS/c1-13(2,3)12-15-14-11(17-12)9-5-7-10(16-4)8-6-9/h5-8H,1-4H3. The molecular weight excluding hydrogens is 232 g/mol. The minimum Gasteiger partial charge on any atom is -0.497 e. The van der Waals surface area contributed by atoms with Crippen molar-refractivity contribution >= 4 is 11.3 Å². The van der Waals surface area contributed by atoms with Crippen LogP contribution in [-0.4, -0.2) is 17.3 Å². The fraction of sp³-hybridized carbons (Fsp3) is 0.385. The van der Waals surface area contributed by atoms with Crippen LogP contribution in [-0.2, 0) is 5.41 Å². The van der Waals surface area contributed by atoms with Crippen LogP contribution in [0, 0.1) is 0 Å². The van der Waals surface area contributed by atoms with Gasteiger partial charge in [0.15, 0.2) is 0 Å². The van der Waals surface area contributed by atoms with Crippen LogP contribution in [0.3, 0.4) is 0 Å². The van der Waals surface area contributed by atoms with Crippen molar-refractivity contribution in [1.82, 2.24) is 10.2 Å². The lowest BCUT2D eigenvalue weighted by molar-refractivity contribution is 0.415. The van der Waals surface area contributed by atoms with E-state index in [2.05, 4.69) is 31.0 Å². The zero-order valence-electron chi connectivity index (χ0n) is 10.5. The molecule has 0 saturated heterocycles. The molecule has 0 fully saturated rings. The summed E-state index contributed by atoms with van der Waals surface area (Å²) in [5.74, 6) is 0.856. The summed E-state index contributed by atoms with van der Waals surface area (Å²) in [4.78, 5) is 0. The molecule has 2 aromatic rings. The molecule has 17 heavy (non-hydrogen) atoms. The van der Waals surface area contributed by atoms with E-state index in [9.17, 15) is 0 Å². The minimum absolute atomic E-state index is 0.0579. The molecule has 1 heterocycles. The van der Waals surface area contributed by atoms with Gasteiger partial charge in [0.2, 0.25) is 0 Å². The van der Waals surface area contributed by atoms with Crippen LogP contribution in [0.1, 0.15) is 25.8 Å². The summed E-state index contributed by atoms with van der Waals surface area (Å²) in [6.07, 6.45) is 0. The Morgan fingerprint density at radius 1 is 1.06 bits per heavy atom. The van der Waals surface area contributed by atoms with Gasteiger partial charge in [-0.25, -0.2) is 0 Å². The molecule has 0 N–H and O–H groups in total. The Kier molecular flexibility index (Phi) is 3.15. The summed E-state index contributed by atoms with van der Waals surface area (Å²) in [5.41, 5.74) is 1.14. The molecule has 0 aliphatic rings. The number of benzene rings is 1. The molecule has 3 nitrogen and oxygen atoms in total. The fourth-order valence-electron chi connectivity index (χ4n) is 1.38. The van der Waals surface area contributed by atoms with Gasteiger partial charge in [0.05, 0.1) is 7.11 Å². The molecule has 0 spiro atoms. The summed E-state index contributed by atoms with van der Waals surface area (Å²) in [7, 11) is 1.66. The van der Waals surface area contributed by atoms with Crippen LogP contribution >= 0.6 is 11.3 Å². The average Bonchev–Trinajstić information content (AvgIpc) is 2.78. The Bertz CT molecular complexity index is 497. The van der Waals surface area contributed by atoms with Crippen LogP contribution in [0.2, 0.25) is 0 Å². The van der Waals surface area contributed by atoms with E-state index in [0.29, 0.717) is 0 Å². The van der Waals surface area contributed by atoms with Crippen molar-refractivity contribution in [2.75, 3.05) is 7.11 Å². The highest BCUT2D eigenvalue weighted by atomic mass is 32.1. The molecule has 0 unspecified atom stereocenters. The summed E-state index contributed by atoms with van der Waals surface area (Å²) in [6, 6.07) is 7.89. The third-order valence-electron chi connectivity index (χ3n) is 2.40. The molecule has 2 rings (SSSR count). The monoisotopic (exact) mass is 248 g/mol. The molecular formula is C13H16N2OS. The lowest BCUT2D eigenvalue weighted by Gasteiger charge is -2.12. The first-order valence-electron chi connectivity index (χ1n) is 5.49. The van der Waals surface area contributed by atoms with Crippen molar-refractivity contribution in [3.05, 3.63) is 29.3 Å². The number of hydrogen-bond acceptors (Lipinski definition) is 4. The average molecular weight is 248 g/mol. The summed E-state index contributed by atoms with van der Waals surface area (Å²) in [6.45, 7) is 6.43.